The lowest BCUT2D eigenvalue weighted by molar-refractivity contribution is 0.180. The highest BCUT2D eigenvalue weighted by Crippen LogP contribution is 2.33. The molecule has 5 N–H and O–H groups in total. The Morgan fingerprint density at radius 2 is 2.00 bits per heavy atom. The minimum absolute atomic E-state index is 0.132. The van der Waals surface area contributed by atoms with Crippen molar-refractivity contribution in [1.82, 2.24) is 9.97 Å². The molecule has 0 spiro atoms. The number of aromatic nitrogens is 2. The Kier molecular flexibility index (Phi) is 3.46. The topological polar surface area (TPSA) is 94.9 Å². The molecule has 0 amide bonds. The maximum Gasteiger partial charge on any atom is 0.323 e. The Balaban J connectivity index is 2.27. The lowest BCUT2D eigenvalue weighted by Gasteiger charge is -2.22. The molecule has 0 aromatic carbocycles. The molecular formula is C11H19N3O2. The number of H-pyrrole nitrogens is 2. The van der Waals surface area contributed by atoms with Crippen LogP contribution in [0.3, 0.4) is 0 Å². The van der Waals surface area contributed by atoms with Crippen molar-refractivity contribution < 1.29 is 5.11 Å². The van der Waals surface area contributed by atoms with Gasteiger partial charge in [-0.1, -0.05) is 19.3 Å². The summed E-state index contributed by atoms with van der Waals surface area (Å²) in [4.78, 5) is 16.8. The Morgan fingerprint density at radius 1 is 1.31 bits per heavy atom. The molecule has 1 aromatic heterocycles. The summed E-state index contributed by atoms with van der Waals surface area (Å²) in [6.45, 7) is 0.132. The smallest absolute Gasteiger partial charge is 0.323 e. The first-order valence-electron chi connectivity index (χ1n) is 5.92. The standard InChI is InChI=1S/C11H19N3O2/c12-6-8(15)10-9(13-11(16)14-10)7-4-2-1-3-5-7/h7-8,15H,1-6,12H2,(H2,13,14,16). The lowest BCUT2D eigenvalue weighted by Crippen LogP contribution is -2.16. The van der Waals surface area contributed by atoms with Gasteiger partial charge >= 0.3 is 5.69 Å². The van der Waals surface area contributed by atoms with E-state index >= 15 is 0 Å². The molecule has 0 radical (unpaired) electrons. The fourth-order valence-corrected chi connectivity index (χ4v) is 2.50. The number of aliphatic hydroxyl groups excluding tert-OH is 1. The maximum atomic E-state index is 11.3. The summed E-state index contributed by atoms with van der Waals surface area (Å²) in [5.74, 6) is 0.365. The summed E-state index contributed by atoms with van der Waals surface area (Å²) in [7, 11) is 0. The zero-order chi connectivity index (χ0) is 11.5. The number of aromatic amines is 2. The van der Waals surface area contributed by atoms with Crippen LogP contribution in [-0.2, 0) is 0 Å². The van der Waals surface area contributed by atoms with Gasteiger partial charge in [-0.2, -0.15) is 0 Å². The first kappa shape index (κ1) is 11.4. The predicted octanol–water partition coefficient (Wildman–Crippen LogP) is 0.743. The summed E-state index contributed by atoms with van der Waals surface area (Å²) >= 11 is 0. The van der Waals surface area contributed by atoms with Gasteiger partial charge in [0.15, 0.2) is 0 Å². The number of hydrogen-bond acceptors (Lipinski definition) is 3. The molecule has 16 heavy (non-hydrogen) atoms. The third kappa shape index (κ3) is 2.20. The second-order valence-electron chi connectivity index (χ2n) is 4.49. The van der Waals surface area contributed by atoms with Crippen molar-refractivity contribution >= 4 is 0 Å². The second kappa shape index (κ2) is 4.84. The van der Waals surface area contributed by atoms with Gasteiger partial charge in [-0.25, -0.2) is 4.79 Å². The minimum atomic E-state index is -0.768. The van der Waals surface area contributed by atoms with Crippen LogP contribution in [-0.4, -0.2) is 21.6 Å². The van der Waals surface area contributed by atoms with Gasteiger partial charge in [0, 0.05) is 18.2 Å². The van der Waals surface area contributed by atoms with E-state index in [0.29, 0.717) is 11.6 Å². The zero-order valence-corrected chi connectivity index (χ0v) is 9.33. The van der Waals surface area contributed by atoms with Gasteiger partial charge in [0.05, 0.1) is 5.69 Å². The highest BCUT2D eigenvalue weighted by molar-refractivity contribution is 5.19. The van der Waals surface area contributed by atoms with Crippen molar-refractivity contribution in [3.05, 3.63) is 21.9 Å². The van der Waals surface area contributed by atoms with Crippen LogP contribution in [0.15, 0.2) is 4.79 Å². The van der Waals surface area contributed by atoms with Crippen LogP contribution in [0.1, 0.15) is 55.5 Å². The Hall–Kier alpha value is -1.07. The number of nitrogens with one attached hydrogen (secondary N) is 2. The van der Waals surface area contributed by atoms with E-state index in [1.807, 2.05) is 0 Å². The maximum absolute atomic E-state index is 11.3. The van der Waals surface area contributed by atoms with E-state index < -0.39 is 6.10 Å². The van der Waals surface area contributed by atoms with Crippen LogP contribution in [0, 0.1) is 0 Å². The minimum Gasteiger partial charge on any atom is -0.385 e. The Bertz CT molecular complexity index is 390. The monoisotopic (exact) mass is 225 g/mol. The number of rotatable bonds is 3. The number of imidazole rings is 1. The molecule has 1 aliphatic carbocycles. The van der Waals surface area contributed by atoms with Crippen molar-refractivity contribution in [3.63, 3.8) is 0 Å². The predicted molar refractivity (Wildman–Crippen MR) is 61.3 cm³/mol. The molecule has 90 valence electrons. The lowest BCUT2D eigenvalue weighted by atomic mass is 9.85. The van der Waals surface area contributed by atoms with E-state index in [-0.39, 0.29) is 12.2 Å². The van der Waals surface area contributed by atoms with Crippen molar-refractivity contribution in [3.8, 4) is 0 Å². The third-order valence-electron chi connectivity index (χ3n) is 3.36. The fraction of sp³-hybridized carbons (Fsp3) is 0.727. The second-order valence-corrected chi connectivity index (χ2v) is 4.49. The molecule has 1 atom stereocenters. The zero-order valence-electron chi connectivity index (χ0n) is 9.33. The molecule has 1 unspecified atom stereocenters. The van der Waals surface area contributed by atoms with E-state index in [2.05, 4.69) is 9.97 Å². The van der Waals surface area contributed by atoms with E-state index in [1.54, 1.807) is 0 Å². The normalized spacial score (nSPS) is 19.9. The SMILES string of the molecule is NCC(O)c1[nH]c(=O)[nH]c1C1CCCCC1. The molecule has 5 heteroatoms. The van der Waals surface area contributed by atoms with Crippen LogP contribution in [0.2, 0.25) is 0 Å². The third-order valence-corrected chi connectivity index (χ3v) is 3.36. The van der Waals surface area contributed by atoms with Gasteiger partial charge in [0.2, 0.25) is 0 Å². The molecule has 1 aromatic rings. The van der Waals surface area contributed by atoms with Gasteiger partial charge in [-0.3, -0.25) is 0 Å². The van der Waals surface area contributed by atoms with Gasteiger partial charge in [-0.05, 0) is 12.8 Å². The first-order valence-corrected chi connectivity index (χ1v) is 5.92. The molecule has 5 nitrogen and oxygen atoms in total. The van der Waals surface area contributed by atoms with Gasteiger partial charge in [0.25, 0.3) is 0 Å². The summed E-state index contributed by atoms with van der Waals surface area (Å²) in [5.41, 5.74) is 6.63. The molecule has 1 fully saturated rings. The van der Waals surface area contributed by atoms with Crippen LogP contribution < -0.4 is 11.4 Å². The molecule has 0 saturated heterocycles. The average Bonchev–Trinajstić information content (AvgIpc) is 2.71. The van der Waals surface area contributed by atoms with Gasteiger partial charge in [0.1, 0.15) is 6.10 Å². The summed E-state index contributed by atoms with van der Waals surface area (Å²) in [5, 5.41) is 9.74. The summed E-state index contributed by atoms with van der Waals surface area (Å²) in [6.07, 6.45) is 5.04. The largest absolute Gasteiger partial charge is 0.385 e. The highest BCUT2D eigenvalue weighted by atomic mass is 16.3. The van der Waals surface area contributed by atoms with Crippen LogP contribution >= 0.6 is 0 Å². The Morgan fingerprint density at radius 3 is 2.62 bits per heavy atom. The fourth-order valence-electron chi connectivity index (χ4n) is 2.50. The number of nitrogens with two attached hydrogens (primary N) is 1. The molecule has 0 bridgehead atoms. The number of aliphatic hydroxyl groups is 1. The molecular weight excluding hydrogens is 206 g/mol. The van der Waals surface area contributed by atoms with Crippen molar-refractivity contribution in [2.75, 3.05) is 6.54 Å². The van der Waals surface area contributed by atoms with Crippen molar-refractivity contribution in [1.29, 1.82) is 0 Å². The van der Waals surface area contributed by atoms with Gasteiger partial charge in [-0.15, -0.1) is 0 Å². The number of hydrogen-bond donors (Lipinski definition) is 4. The van der Waals surface area contributed by atoms with Gasteiger partial charge < -0.3 is 20.8 Å². The summed E-state index contributed by atoms with van der Waals surface area (Å²) in [6, 6.07) is 0. The van der Waals surface area contributed by atoms with E-state index in [1.165, 1.54) is 19.3 Å². The molecule has 0 aliphatic heterocycles. The molecule has 1 aliphatic rings. The van der Waals surface area contributed by atoms with Crippen molar-refractivity contribution in [2.24, 2.45) is 5.73 Å². The van der Waals surface area contributed by atoms with Crippen LogP contribution in [0.5, 0.6) is 0 Å². The van der Waals surface area contributed by atoms with E-state index in [4.69, 9.17) is 5.73 Å². The average molecular weight is 225 g/mol. The first-order chi connectivity index (χ1) is 7.72. The van der Waals surface area contributed by atoms with Crippen molar-refractivity contribution in [2.45, 2.75) is 44.1 Å². The molecule has 1 heterocycles. The molecule has 2 rings (SSSR count). The van der Waals surface area contributed by atoms with Crippen LogP contribution in [0.25, 0.3) is 0 Å². The molecule has 1 saturated carbocycles. The summed E-state index contributed by atoms with van der Waals surface area (Å²) < 4.78 is 0. The van der Waals surface area contributed by atoms with E-state index in [0.717, 1.165) is 18.5 Å². The van der Waals surface area contributed by atoms with Crippen LogP contribution in [0.4, 0.5) is 0 Å². The quantitative estimate of drug-likeness (QED) is 0.611. The Labute approximate surface area is 94.1 Å². The highest BCUT2D eigenvalue weighted by Gasteiger charge is 2.23. The van der Waals surface area contributed by atoms with E-state index in [9.17, 15) is 9.90 Å².